The third kappa shape index (κ3) is 3.95. The van der Waals surface area contributed by atoms with Crippen molar-refractivity contribution in [3.63, 3.8) is 0 Å². The van der Waals surface area contributed by atoms with Crippen molar-refractivity contribution in [2.75, 3.05) is 44.7 Å². The van der Waals surface area contributed by atoms with Gasteiger partial charge in [0.2, 0.25) is 0 Å². The van der Waals surface area contributed by atoms with Crippen LogP contribution in [-0.2, 0) is 0 Å². The molecule has 0 aromatic heterocycles. The number of hydrogen-bond donors (Lipinski definition) is 1. The standard InChI is InChI=1S/C16H27N3/c1-14-6-5-7-15(12-14)19-10-8-18(9-11-19)13-16(2,3)17-4/h5-7,12,17H,8-11,13H2,1-4H3. The first-order chi connectivity index (χ1) is 9.00. The Balaban J connectivity index is 1.89. The van der Waals surface area contributed by atoms with Crippen LogP contribution in [0.4, 0.5) is 5.69 Å². The highest BCUT2D eigenvalue weighted by molar-refractivity contribution is 5.48. The number of nitrogens with zero attached hydrogens (tertiary/aromatic N) is 2. The Hall–Kier alpha value is -1.06. The minimum absolute atomic E-state index is 0.200. The molecule has 0 aliphatic carbocycles. The summed E-state index contributed by atoms with van der Waals surface area (Å²) in [5.74, 6) is 0. The van der Waals surface area contributed by atoms with E-state index in [1.54, 1.807) is 0 Å². The van der Waals surface area contributed by atoms with Crippen LogP contribution >= 0.6 is 0 Å². The number of aryl methyl sites for hydroxylation is 1. The Labute approximate surface area is 117 Å². The van der Waals surface area contributed by atoms with Gasteiger partial charge in [0, 0.05) is 44.0 Å². The average molecular weight is 261 g/mol. The minimum atomic E-state index is 0.200. The van der Waals surface area contributed by atoms with Crippen LogP contribution in [0.3, 0.4) is 0 Å². The molecule has 106 valence electrons. The van der Waals surface area contributed by atoms with Crippen LogP contribution in [0.2, 0.25) is 0 Å². The Bertz CT molecular complexity index is 406. The molecule has 0 saturated carbocycles. The summed E-state index contributed by atoms with van der Waals surface area (Å²) < 4.78 is 0. The molecular formula is C16H27N3. The first-order valence-electron chi connectivity index (χ1n) is 7.23. The fourth-order valence-electron chi connectivity index (χ4n) is 2.63. The van der Waals surface area contributed by atoms with Crippen LogP contribution in [-0.4, -0.2) is 50.2 Å². The molecule has 0 unspecified atom stereocenters. The van der Waals surface area contributed by atoms with Crippen molar-refractivity contribution in [3.05, 3.63) is 29.8 Å². The van der Waals surface area contributed by atoms with E-state index in [0.717, 1.165) is 32.7 Å². The third-order valence-corrected chi connectivity index (χ3v) is 4.03. The summed E-state index contributed by atoms with van der Waals surface area (Å²) in [5.41, 5.74) is 2.91. The van der Waals surface area contributed by atoms with Gasteiger partial charge in [-0.25, -0.2) is 0 Å². The molecule has 1 N–H and O–H groups in total. The molecular weight excluding hydrogens is 234 g/mol. The fraction of sp³-hybridized carbons (Fsp3) is 0.625. The number of anilines is 1. The molecule has 0 bridgehead atoms. The molecule has 1 aromatic carbocycles. The number of hydrogen-bond acceptors (Lipinski definition) is 3. The van der Waals surface area contributed by atoms with Gasteiger partial charge in [-0.05, 0) is 45.5 Å². The SMILES string of the molecule is CNC(C)(C)CN1CCN(c2cccc(C)c2)CC1. The number of benzene rings is 1. The van der Waals surface area contributed by atoms with Gasteiger partial charge in [-0.1, -0.05) is 12.1 Å². The van der Waals surface area contributed by atoms with Gasteiger partial charge in [0.25, 0.3) is 0 Å². The average Bonchev–Trinajstić information content (AvgIpc) is 2.39. The predicted octanol–water partition coefficient (Wildman–Crippen LogP) is 2.12. The zero-order valence-corrected chi connectivity index (χ0v) is 12.7. The first-order valence-corrected chi connectivity index (χ1v) is 7.23. The summed E-state index contributed by atoms with van der Waals surface area (Å²) >= 11 is 0. The maximum atomic E-state index is 3.38. The molecule has 0 spiro atoms. The zero-order valence-electron chi connectivity index (χ0n) is 12.7. The highest BCUT2D eigenvalue weighted by Crippen LogP contribution is 2.18. The highest BCUT2D eigenvalue weighted by atomic mass is 15.3. The molecule has 3 nitrogen and oxygen atoms in total. The van der Waals surface area contributed by atoms with Crippen molar-refractivity contribution >= 4 is 5.69 Å². The first kappa shape index (κ1) is 14.4. The highest BCUT2D eigenvalue weighted by Gasteiger charge is 2.23. The van der Waals surface area contributed by atoms with E-state index in [-0.39, 0.29) is 5.54 Å². The fourth-order valence-corrected chi connectivity index (χ4v) is 2.63. The van der Waals surface area contributed by atoms with Gasteiger partial charge in [-0.2, -0.15) is 0 Å². The van der Waals surface area contributed by atoms with Crippen molar-refractivity contribution < 1.29 is 0 Å². The van der Waals surface area contributed by atoms with Crippen molar-refractivity contribution in [3.8, 4) is 0 Å². The smallest absolute Gasteiger partial charge is 0.0369 e. The molecule has 19 heavy (non-hydrogen) atoms. The van der Waals surface area contributed by atoms with Crippen molar-refractivity contribution in [1.29, 1.82) is 0 Å². The molecule has 0 radical (unpaired) electrons. The summed E-state index contributed by atoms with van der Waals surface area (Å²) in [6.07, 6.45) is 0. The zero-order chi connectivity index (χ0) is 13.9. The number of nitrogens with one attached hydrogen (secondary N) is 1. The van der Waals surface area contributed by atoms with Crippen molar-refractivity contribution in [2.45, 2.75) is 26.3 Å². The molecule has 0 amide bonds. The quantitative estimate of drug-likeness (QED) is 0.895. The molecule has 1 saturated heterocycles. The largest absolute Gasteiger partial charge is 0.369 e. The van der Waals surface area contributed by atoms with Gasteiger partial charge in [0.1, 0.15) is 0 Å². The van der Waals surface area contributed by atoms with Crippen LogP contribution < -0.4 is 10.2 Å². The van der Waals surface area contributed by atoms with Gasteiger partial charge in [0.05, 0.1) is 0 Å². The Morgan fingerprint density at radius 2 is 1.84 bits per heavy atom. The van der Waals surface area contributed by atoms with Crippen molar-refractivity contribution in [1.82, 2.24) is 10.2 Å². The molecule has 1 aromatic rings. The molecule has 1 aliphatic rings. The maximum Gasteiger partial charge on any atom is 0.0369 e. The lowest BCUT2D eigenvalue weighted by Gasteiger charge is -2.39. The van der Waals surface area contributed by atoms with E-state index in [2.05, 4.69) is 60.2 Å². The molecule has 1 aliphatic heterocycles. The molecule has 1 fully saturated rings. The van der Waals surface area contributed by atoms with E-state index < -0.39 is 0 Å². The van der Waals surface area contributed by atoms with E-state index in [1.165, 1.54) is 11.3 Å². The summed E-state index contributed by atoms with van der Waals surface area (Å²) in [4.78, 5) is 5.05. The van der Waals surface area contributed by atoms with Crippen LogP contribution in [0.15, 0.2) is 24.3 Å². The minimum Gasteiger partial charge on any atom is -0.369 e. The van der Waals surface area contributed by atoms with E-state index >= 15 is 0 Å². The second-order valence-electron chi connectivity index (χ2n) is 6.24. The van der Waals surface area contributed by atoms with E-state index in [0.29, 0.717) is 0 Å². The van der Waals surface area contributed by atoms with Crippen LogP contribution in [0.25, 0.3) is 0 Å². The summed E-state index contributed by atoms with van der Waals surface area (Å²) in [6.45, 7) is 12.4. The van der Waals surface area contributed by atoms with E-state index in [1.807, 2.05) is 7.05 Å². The summed E-state index contributed by atoms with van der Waals surface area (Å²) in [6, 6.07) is 8.82. The number of piperazine rings is 1. The number of rotatable bonds is 4. The monoisotopic (exact) mass is 261 g/mol. The van der Waals surface area contributed by atoms with Gasteiger partial charge in [0.15, 0.2) is 0 Å². The van der Waals surface area contributed by atoms with E-state index in [9.17, 15) is 0 Å². The molecule has 1 heterocycles. The normalized spacial score (nSPS) is 17.8. The summed E-state index contributed by atoms with van der Waals surface area (Å²) in [5, 5.41) is 3.38. The van der Waals surface area contributed by atoms with Crippen molar-refractivity contribution in [2.24, 2.45) is 0 Å². The van der Waals surface area contributed by atoms with Crippen LogP contribution in [0.5, 0.6) is 0 Å². The van der Waals surface area contributed by atoms with Gasteiger partial charge in [-0.3, -0.25) is 4.90 Å². The van der Waals surface area contributed by atoms with Gasteiger partial charge >= 0.3 is 0 Å². The second kappa shape index (κ2) is 5.93. The molecule has 0 atom stereocenters. The number of likely N-dealkylation sites (N-methyl/N-ethyl adjacent to an activating group) is 1. The molecule has 2 rings (SSSR count). The lowest BCUT2D eigenvalue weighted by molar-refractivity contribution is 0.197. The Kier molecular flexibility index (Phi) is 4.48. The third-order valence-electron chi connectivity index (χ3n) is 4.03. The second-order valence-corrected chi connectivity index (χ2v) is 6.24. The predicted molar refractivity (Wildman–Crippen MR) is 83.0 cm³/mol. The Morgan fingerprint density at radius 1 is 1.16 bits per heavy atom. The van der Waals surface area contributed by atoms with Crippen LogP contribution in [0.1, 0.15) is 19.4 Å². The maximum absolute atomic E-state index is 3.38. The van der Waals surface area contributed by atoms with Crippen LogP contribution in [0, 0.1) is 6.92 Å². The lowest BCUT2D eigenvalue weighted by Crippen LogP contribution is -2.53. The Morgan fingerprint density at radius 3 is 2.42 bits per heavy atom. The molecule has 3 heteroatoms. The van der Waals surface area contributed by atoms with Gasteiger partial charge in [-0.15, -0.1) is 0 Å². The topological polar surface area (TPSA) is 18.5 Å². The van der Waals surface area contributed by atoms with Gasteiger partial charge < -0.3 is 10.2 Å². The van der Waals surface area contributed by atoms with E-state index in [4.69, 9.17) is 0 Å². The lowest BCUT2D eigenvalue weighted by atomic mass is 10.0. The summed E-state index contributed by atoms with van der Waals surface area (Å²) in [7, 11) is 2.04.